The highest BCUT2D eigenvalue weighted by molar-refractivity contribution is 5.74. The molecule has 0 unspecified atom stereocenters. The van der Waals surface area contributed by atoms with Crippen molar-refractivity contribution in [3.8, 4) is 11.5 Å². The molecule has 26 heavy (non-hydrogen) atoms. The SMILES string of the molecule is CCOc1ccc(CCNC(=O)C[n+]2ccc(CC)cc2)cc1OCC. The van der Waals surface area contributed by atoms with E-state index < -0.39 is 0 Å². The van der Waals surface area contributed by atoms with E-state index in [4.69, 9.17) is 9.47 Å². The number of carbonyl (C=O) groups is 1. The molecule has 2 aromatic rings. The number of rotatable bonds is 10. The number of aromatic nitrogens is 1. The van der Waals surface area contributed by atoms with Crippen LogP contribution in [0.3, 0.4) is 0 Å². The summed E-state index contributed by atoms with van der Waals surface area (Å²) in [5.74, 6) is 1.52. The number of nitrogens with one attached hydrogen (secondary N) is 1. The Morgan fingerprint density at radius 1 is 0.962 bits per heavy atom. The zero-order chi connectivity index (χ0) is 18.8. The van der Waals surface area contributed by atoms with Gasteiger partial charge < -0.3 is 14.8 Å². The number of carbonyl (C=O) groups excluding carboxylic acids is 1. The number of ether oxygens (including phenoxy) is 2. The number of benzene rings is 1. The quantitative estimate of drug-likeness (QED) is 0.665. The van der Waals surface area contributed by atoms with Gasteiger partial charge in [-0.3, -0.25) is 4.79 Å². The third-order valence-corrected chi connectivity index (χ3v) is 4.04. The second kappa shape index (κ2) is 10.4. The Morgan fingerprint density at radius 2 is 1.65 bits per heavy atom. The van der Waals surface area contributed by atoms with Gasteiger partial charge in [0.25, 0.3) is 5.91 Å². The molecule has 1 heterocycles. The van der Waals surface area contributed by atoms with Crippen molar-refractivity contribution in [2.24, 2.45) is 0 Å². The average Bonchev–Trinajstić information content (AvgIpc) is 2.65. The molecule has 0 aliphatic carbocycles. The van der Waals surface area contributed by atoms with Gasteiger partial charge in [0.1, 0.15) is 0 Å². The molecule has 5 heteroatoms. The first-order valence-corrected chi connectivity index (χ1v) is 9.29. The van der Waals surface area contributed by atoms with Gasteiger partial charge in [0.2, 0.25) is 6.54 Å². The van der Waals surface area contributed by atoms with Crippen molar-refractivity contribution in [3.63, 3.8) is 0 Å². The predicted molar refractivity (Wildman–Crippen MR) is 102 cm³/mol. The summed E-state index contributed by atoms with van der Waals surface area (Å²) in [6, 6.07) is 10.0. The molecule has 5 nitrogen and oxygen atoms in total. The molecular weight excluding hydrogens is 328 g/mol. The van der Waals surface area contributed by atoms with Crippen molar-refractivity contribution in [3.05, 3.63) is 53.9 Å². The monoisotopic (exact) mass is 357 g/mol. The highest BCUT2D eigenvalue weighted by Crippen LogP contribution is 2.28. The Morgan fingerprint density at radius 3 is 2.31 bits per heavy atom. The lowest BCUT2D eigenvalue weighted by Crippen LogP contribution is -2.42. The maximum Gasteiger partial charge on any atom is 0.285 e. The van der Waals surface area contributed by atoms with Gasteiger partial charge in [-0.25, -0.2) is 0 Å². The summed E-state index contributed by atoms with van der Waals surface area (Å²) in [7, 11) is 0. The molecule has 0 bridgehead atoms. The number of pyridine rings is 1. The summed E-state index contributed by atoms with van der Waals surface area (Å²) >= 11 is 0. The van der Waals surface area contributed by atoms with Gasteiger partial charge >= 0.3 is 0 Å². The molecule has 1 aromatic carbocycles. The maximum atomic E-state index is 12.1. The molecule has 0 saturated carbocycles. The lowest BCUT2D eigenvalue weighted by Gasteiger charge is -2.12. The van der Waals surface area contributed by atoms with E-state index in [-0.39, 0.29) is 5.91 Å². The minimum Gasteiger partial charge on any atom is -0.490 e. The fourth-order valence-electron chi connectivity index (χ4n) is 2.65. The van der Waals surface area contributed by atoms with Crippen LogP contribution < -0.4 is 19.4 Å². The lowest BCUT2D eigenvalue weighted by atomic mass is 10.1. The zero-order valence-corrected chi connectivity index (χ0v) is 16.0. The molecule has 0 atom stereocenters. The predicted octanol–water partition coefficient (Wildman–Crippen LogP) is 2.69. The number of hydrogen-bond donors (Lipinski definition) is 1. The Kier molecular flexibility index (Phi) is 7.93. The van der Waals surface area contributed by atoms with Crippen molar-refractivity contribution in [1.82, 2.24) is 5.32 Å². The molecule has 0 saturated heterocycles. The average molecular weight is 357 g/mol. The van der Waals surface area contributed by atoms with Crippen molar-refractivity contribution in [2.75, 3.05) is 19.8 Å². The third kappa shape index (κ3) is 6.06. The highest BCUT2D eigenvalue weighted by atomic mass is 16.5. The van der Waals surface area contributed by atoms with Gasteiger partial charge in [-0.1, -0.05) is 13.0 Å². The van der Waals surface area contributed by atoms with Crippen LogP contribution >= 0.6 is 0 Å². The van der Waals surface area contributed by atoms with Crippen molar-refractivity contribution >= 4 is 5.91 Å². The first-order valence-electron chi connectivity index (χ1n) is 9.29. The Hall–Kier alpha value is -2.56. The van der Waals surface area contributed by atoms with Crippen molar-refractivity contribution < 1.29 is 18.8 Å². The van der Waals surface area contributed by atoms with Crippen LogP contribution in [0, 0.1) is 0 Å². The summed E-state index contributed by atoms with van der Waals surface area (Å²) < 4.78 is 13.1. The van der Waals surface area contributed by atoms with Crippen LogP contribution in [0.5, 0.6) is 11.5 Å². The number of hydrogen-bond acceptors (Lipinski definition) is 3. The smallest absolute Gasteiger partial charge is 0.285 e. The summed E-state index contributed by atoms with van der Waals surface area (Å²) in [6.45, 7) is 8.13. The Balaban J connectivity index is 1.84. The van der Waals surface area contributed by atoms with E-state index in [0.29, 0.717) is 26.3 Å². The van der Waals surface area contributed by atoms with E-state index in [1.54, 1.807) is 0 Å². The standard InChI is InChI=1S/C21H28N2O3/c1-4-17-10-13-23(14-11-17)16-21(24)22-12-9-18-7-8-19(25-5-2)20(15-18)26-6-3/h7-8,10-11,13-15H,4-6,9,12,16H2,1-3H3/p+1. The molecule has 1 amide bonds. The first kappa shape index (κ1) is 19.8. The van der Waals surface area contributed by atoms with Crippen LogP contribution in [-0.4, -0.2) is 25.7 Å². The van der Waals surface area contributed by atoms with Gasteiger partial charge in [0.05, 0.1) is 13.2 Å². The summed E-state index contributed by atoms with van der Waals surface area (Å²) in [5.41, 5.74) is 2.37. The van der Waals surface area contributed by atoms with E-state index in [0.717, 1.165) is 29.9 Å². The molecule has 140 valence electrons. The van der Waals surface area contributed by atoms with E-state index in [1.807, 2.05) is 61.1 Å². The normalized spacial score (nSPS) is 10.4. The fourth-order valence-corrected chi connectivity index (χ4v) is 2.65. The molecule has 0 fully saturated rings. The van der Waals surface area contributed by atoms with Gasteiger partial charge in [-0.2, -0.15) is 4.57 Å². The summed E-state index contributed by atoms with van der Waals surface area (Å²) in [5, 5.41) is 2.97. The number of amides is 1. The van der Waals surface area contributed by atoms with Crippen LogP contribution in [0.25, 0.3) is 0 Å². The minimum atomic E-state index is 0.00946. The van der Waals surface area contributed by atoms with Crippen LogP contribution in [0.1, 0.15) is 31.9 Å². The third-order valence-electron chi connectivity index (χ3n) is 4.04. The second-order valence-electron chi connectivity index (χ2n) is 5.98. The summed E-state index contributed by atoms with van der Waals surface area (Å²) in [6.07, 6.45) is 5.63. The van der Waals surface area contributed by atoms with Gasteiger partial charge in [-0.05, 0) is 49.9 Å². The van der Waals surface area contributed by atoms with Crippen LogP contribution in [0.4, 0.5) is 0 Å². The van der Waals surface area contributed by atoms with Crippen molar-refractivity contribution in [1.29, 1.82) is 0 Å². The highest BCUT2D eigenvalue weighted by Gasteiger charge is 2.10. The number of aryl methyl sites for hydroxylation is 1. The largest absolute Gasteiger partial charge is 0.490 e. The van der Waals surface area contributed by atoms with Crippen LogP contribution in [-0.2, 0) is 24.2 Å². The zero-order valence-electron chi connectivity index (χ0n) is 16.0. The first-order chi connectivity index (χ1) is 12.7. The topological polar surface area (TPSA) is 51.4 Å². The summed E-state index contributed by atoms with van der Waals surface area (Å²) in [4.78, 5) is 12.1. The Bertz CT molecular complexity index is 699. The van der Waals surface area contributed by atoms with Crippen LogP contribution in [0.2, 0.25) is 0 Å². The van der Waals surface area contributed by atoms with Crippen LogP contribution in [0.15, 0.2) is 42.7 Å². The van der Waals surface area contributed by atoms with Gasteiger partial charge in [-0.15, -0.1) is 0 Å². The molecular formula is C21H29N2O3+. The maximum absolute atomic E-state index is 12.1. The van der Waals surface area contributed by atoms with Gasteiger partial charge in [0.15, 0.2) is 23.9 Å². The molecule has 1 N–H and O–H groups in total. The molecule has 0 radical (unpaired) electrons. The van der Waals surface area contributed by atoms with Gasteiger partial charge in [0, 0.05) is 18.7 Å². The van der Waals surface area contributed by atoms with E-state index in [2.05, 4.69) is 12.2 Å². The lowest BCUT2D eigenvalue weighted by molar-refractivity contribution is -0.684. The second-order valence-corrected chi connectivity index (χ2v) is 5.98. The molecule has 0 aliphatic rings. The molecule has 2 rings (SSSR count). The van der Waals surface area contributed by atoms with E-state index in [1.165, 1.54) is 5.56 Å². The fraction of sp³-hybridized carbons (Fsp3) is 0.429. The minimum absolute atomic E-state index is 0.00946. The Labute approximate surface area is 156 Å². The number of nitrogens with zero attached hydrogens (tertiary/aromatic N) is 1. The van der Waals surface area contributed by atoms with E-state index in [9.17, 15) is 4.79 Å². The molecule has 1 aromatic heterocycles. The molecule has 0 spiro atoms. The molecule has 0 aliphatic heterocycles. The van der Waals surface area contributed by atoms with E-state index >= 15 is 0 Å². The van der Waals surface area contributed by atoms with Crippen molar-refractivity contribution in [2.45, 2.75) is 40.2 Å².